The minimum atomic E-state index is -3.65. The third kappa shape index (κ3) is 3.00. The first kappa shape index (κ1) is 16.8. The van der Waals surface area contributed by atoms with Crippen LogP contribution in [-0.4, -0.2) is 65.9 Å². The molecule has 1 aliphatic heterocycles. The number of carbonyl (C=O) groups excluding carboxylic acids is 1. The largest absolute Gasteiger partial charge is 0.384 e. The number of aliphatic hydroxyl groups excluding tert-OH is 1. The maximum absolute atomic E-state index is 13.0. The van der Waals surface area contributed by atoms with Crippen molar-refractivity contribution < 1.29 is 18.3 Å². The lowest BCUT2D eigenvalue weighted by atomic mass is 10.2. The van der Waals surface area contributed by atoms with Gasteiger partial charge in [0.1, 0.15) is 6.10 Å². The van der Waals surface area contributed by atoms with Crippen molar-refractivity contribution in [1.29, 1.82) is 0 Å². The zero-order chi connectivity index (χ0) is 17.3. The smallest absolute Gasteiger partial charge is 0.251 e. The molecular formula is C16H19N3O4S. The predicted octanol–water partition coefficient (Wildman–Crippen LogP) is 0.448. The molecule has 1 saturated heterocycles. The first-order valence-electron chi connectivity index (χ1n) is 7.71. The van der Waals surface area contributed by atoms with Crippen LogP contribution in [0.5, 0.6) is 0 Å². The minimum Gasteiger partial charge on any atom is -0.384 e. The average Bonchev–Trinajstić information content (AvgIpc) is 2.60. The van der Waals surface area contributed by atoms with E-state index in [1.165, 1.54) is 16.1 Å². The summed E-state index contributed by atoms with van der Waals surface area (Å²) in [5.41, 5.74) is 0. The Labute approximate surface area is 140 Å². The summed E-state index contributed by atoms with van der Waals surface area (Å²) in [6, 6.07) is 6.80. The molecule has 2 heterocycles. The summed E-state index contributed by atoms with van der Waals surface area (Å²) < 4.78 is 27.3. The van der Waals surface area contributed by atoms with Gasteiger partial charge in [-0.05, 0) is 19.1 Å². The Morgan fingerprint density at radius 2 is 1.92 bits per heavy atom. The molecule has 1 atom stereocenters. The van der Waals surface area contributed by atoms with Gasteiger partial charge in [-0.2, -0.15) is 4.31 Å². The fraction of sp³-hybridized carbons (Fsp3) is 0.375. The first-order chi connectivity index (χ1) is 11.4. The van der Waals surface area contributed by atoms with Crippen LogP contribution < -0.4 is 0 Å². The molecule has 0 spiro atoms. The molecule has 0 saturated carbocycles. The number of fused-ring (bicyclic) bond motifs is 1. The Hall–Kier alpha value is -2.03. The van der Waals surface area contributed by atoms with Gasteiger partial charge in [-0.3, -0.25) is 9.78 Å². The Balaban J connectivity index is 1.86. The molecule has 0 aliphatic carbocycles. The standard InChI is InChI=1S/C16H19N3O4S/c1-12(20)16(21)18-7-9-19(10-8-18)24(22,23)15-4-2-3-13-11-17-6-5-14(13)15/h2-6,11-12,20H,7-10H2,1H3/t12-/m1/s1. The highest BCUT2D eigenvalue weighted by molar-refractivity contribution is 7.89. The summed E-state index contributed by atoms with van der Waals surface area (Å²) in [5, 5.41) is 10.8. The number of hydrogen-bond acceptors (Lipinski definition) is 5. The first-order valence-corrected chi connectivity index (χ1v) is 9.15. The van der Waals surface area contributed by atoms with Crippen LogP contribution in [0, 0.1) is 0 Å². The van der Waals surface area contributed by atoms with E-state index in [4.69, 9.17) is 0 Å². The number of amides is 1. The predicted molar refractivity (Wildman–Crippen MR) is 88.8 cm³/mol. The van der Waals surface area contributed by atoms with Gasteiger partial charge in [0, 0.05) is 49.3 Å². The SMILES string of the molecule is C[C@@H](O)C(=O)N1CCN(S(=O)(=O)c2cccc3cnccc23)CC1. The van der Waals surface area contributed by atoms with Gasteiger partial charge in [-0.1, -0.05) is 12.1 Å². The number of sulfonamides is 1. The van der Waals surface area contributed by atoms with Gasteiger partial charge < -0.3 is 10.0 Å². The zero-order valence-corrected chi connectivity index (χ0v) is 14.1. The highest BCUT2D eigenvalue weighted by Crippen LogP contribution is 2.25. The van der Waals surface area contributed by atoms with E-state index >= 15 is 0 Å². The fourth-order valence-corrected chi connectivity index (χ4v) is 4.51. The van der Waals surface area contributed by atoms with Crippen molar-refractivity contribution in [3.8, 4) is 0 Å². The third-order valence-electron chi connectivity index (χ3n) is 4.17. The quantitative estimate of drug-likeness (QED) is 0.869. The molecule has 24 heavy (non-hydrogen) atoms. The van der Waals surface area contributed by atoms with Gasteiger partial charge in [0.25, 0.3) is 5.91 Å². The van der Waals surface area contributed by atoms with E-state index in [1.807, 2.05) is 6.07 Å². The Kier molecular flexibility index (Phi) is 4.53. The zero-order valence-electron chi connectivity index (χ0n) is 13.3. The number of rotatable bonds is 3. The monoisotopic (exact) mass is 349 g/mol. The minimum absolute atomic E-state index is 0.211. The second kappa shape index (κ2) is 6.46. The van der Waals surface area contributed by atoms with Gasteiger partial charge in [0.15, 0.2) is 0 Å². The van der Waals surface area contributed by atoms with Crippen LogP contribution in [0.2, 0.25) is 0 Å². The van der Waals surface area contributed by atoms with Gasteiger partial charge in [-0.25, -0.2) is 8.42 Å². The van der Waals surface area contributed by atoms with Crippen molar-refractivity contribution in [2.75, 3.05) is 26.2 Å². The van der Waals surface area contributed by atoms with Gasteiger partial charge >= 0.3 is 0 Å². The number of aliphatic hydroxyl groups is 1. The highest BCUT2D eigenvalue weighted by Gasteiger charge is 2.31. The summed E-state index contributed by atoms with van der Waals surface area (Å²) in [6.45, 7) is 2.38. The number of hydrogen-bond donors (Lipinski definition) is 1. The average molecular weight is 349 g/mol. The molecule has 128 valence electrons. The summed E-state index contributed by atoms with van der Waals surface area (Å²) in [4.78, 5) is 17.6. The molecule has 0 bridgehead atoms. The summed E-state index contributed by atoms with van der Waals surface area (Å²) >= 11 is 0. The van der Waals surface area contributed by atoms with E-state index in [0.29, 0.717) is 5.39 Å². The molecule has 2 aromatic rings. The molecule has 1 aromatic heterocycles. The van der Waals surface area contributed by atoms with E-state index in [9.17, 15) is 18.3 Å². The van der Waals surface area contributed by atoms with Gasteiger partial charge in [0.2, 0.25) is 10.0 Å². The molecule has 3 rings (SSSR count). The molecule has 1 aromatic carbocycles. The fourth-order valence-electron chi connectivity index (χ4n) is 2.87. The number of carbonyl (C=O) groups is 1. The Morgan fingerprint density at radius 1 is 1.21 bits per heavy atom. The van der Waals surface area contributed by atoms with Crippen LogP contribution in [0.3, 0.4) is 0 Å². The number of pyridine rings is 1. The number of nitrogens with zero attached hydrogens (tertiary/aromatic N) is 3. The van der Waals surface area contributed by atoms with Crippen LogP contribution in [0.15, 0.2) is 41.6 Å². The van der Waals surface area contributed by atoms with E-state index in [-0.39, 0.29) is 37.0 Å². The molecule has 1 N–H and O–H groups in total. The van der Waals surface area contributed by atoms with E-state index in [1.54, 1.807) is 30.6 Å². The molecule has 1 fully saturated rings. The van der Waals surface area contributed by atoms with Crippen molar-refractivity contribution in [1.82, 2.24) is 14.2 Å². The van der Waals surface area contributed by atoms with Crippen molar-refractivity contribution >= 4 is 26.7 Å². The lowest BCUT2D eigenvalue weighted by Crippen LogP contribution is -2.52. The summed E-state index contributed by atoms with van der Waals surface area (Å²) in [5.74, 6) is -0.372. The van der Waals surface area contributed by atoms with Crippen LogP contribution in [0.25, 0.3) is 10.8 Å². The molecular weight excluding hydrogens is 330 g/mol. The molecule has 8 heteroatoms. The number of benzene rings is 1. The second-order valence-corrected chi connectivity index (χ2v) is 7.66. The van der Waals surface area contributed by atoms with Gasteiger partial charge in [-0.15, -0.1) is 0 Å². The number of aromatic nitrogens is 1. The van der Waals surface area contributed by atoms with E-state index in [2.05, 4.69) is 4.98 Å². The maximum Gasteiger partial charge on any atom is 0.251 e. The Bertz CT molecular complexity index is 853. The van der Waals surface area contributed by atoms with Crippen molar-refractivity contribution in [2.45, 2.75) is 17.9 Å². The number of piperazine rings is 1. The van der Waals surface area contributed by atoms with Crippen LogP contribution in [0.1, 0.15) is 6.92 Å². The van der Waals surface area contributed by atoms with Crippen LogP contribution in [-0.2, 0) is 14.8 Å². The molecule has 1 aliphatic rings. The maximum atomic E-state index is 13.0. The highest BCUT2D eigenvalue weighted by atomic mass is 32.2. The van der Waals surface area contributed by atoms with Crippen molar-refractivity contribution in [2.24, 2.45) is 0 Å². The normalized spacial score (nSPS) is 17.8. The summed E-state index contributed by atoms with van der Waals surface area (Å²) in [7, 11) is -3.65. The van der Waals surface area contributed by atoms with E-state index < -0.39 is 16.1 Å². The van der Waals surface area contributed by atoms with Crippen molar-refractivity contribution in [3.63, 3.8) is 0 Å². The van der Waals surface area contributed by atoms with Crippen LogP contribution in [0.4, 0.5) is 0 Å². The molecule has 7 nitrogen and oxygen atoms in total. The van der Waals surface area contributed by atoms with E-state index in [0.717, 1.165) is 5.39 Å². The molecule has 1 amide bonds. The van der Waals surface area contributed by atoms with Crippen LogP contribution >= 0.6 is 0 Å². The second-order valence-electron chi connectivity index (χ2n) is 5.76. The lowest BCUT2D eigenvalue weighted by Gasteiger charge is -2.34. The topological polar surface area (TPSA) is 90.8 Å². The third-order valence-corrected chi connectivity index (χ3v) is 6.12. The van der Waals surface area contributed by atoms with Gasteiger partial charge in [0.05, 0.1) is 4.90 Å². The lowest BCUT2D eigenvalue weighted by molar-refractivity contribution is -0.140. The summed E-state index contributed by atoms with van der Waals surface area (Å²) in [6.07, 6.45) is 2.13. The molecule has 0 radical (unpaired) electrons. The Morgan fingerprint density at radius 3 is 2.58 bits per heavy atom. The van der Waals surface area contributed by atoms with Crippen molar-refractivity contribution in [3.05, 3.63) is 36.7 Å². The molecule has 0 unspecified atom stereocenters.